The number of fused-ring (bicyclic) bond motifs is 3. The van der Waals surface area contributed by atoms with Crippen LogP contribution in [0.4, 0.5) is 0 Å². The second-order valence-electron chi connectivity index (χ2n) is 12.9. The highest BCUT2D eigenvalue weighted by Crippen LogP contribution is 2.73. The number of hydrogen-bond donors (Lipinski definition) is 1. The van der Waals surface area contributed by atoms with Crippen molar-refractivity contribution < 1.29 is 42.9 Å². The van der Waals surface area contributed by atoms with Crippen molar-refractivity contribution in [1.29, 1.82) is 0 Å². The molecule has 1 saturated carbocycles. The highest BCUT2D eigenvalue weighted by molar-refractivity contribution is 5.88. The quantitative estimate of drug-likeness (QED) is 0.306. The Morgan fingerprint density at radius 3 is 2.66 bits per heavy atom. The molecule has 4 heterocycles. The first-order valence-electron chi connectivity index (χ1n) is 14.3. The van der Waals surface area contributed by atoms with Gasteiger partial charge in [-0.25, -0.2) is 9.59 Å². The lowest BCUT2D eigenvalue weighted by atomic mass is 9.39. The summed E-state index contributed by atoms with van der Waals surface area (Å²) in [5.74, 6) is -4.10. The van der Waals surface area contributed by atoms with E-state index in [0.29, 0.717) is 24.8 Å². The Bertz CT molecular complexity index is 1400. The summed E-state index contributed by atoms with van der Waals surface area (Å²) in [4.78, 5) is 39.1. The summed E-state index contributed by atoms with van der Waals surface area (Å²) in [6, 6.07) is 1.81. The zero-order valence-corrected chi connectivity index (χ0v) is 24.4. The van der Waals surface area contributed by atoms with Crippen molar-refractivity contribution in [3.8, 4) is 0 Å². The SMILES string of the molecule is C/C=C(\C)C(=O)O[C@@H]1[C@@H]2CC3=C(CC[C@]4(C)C3=CC(=O)O[C@H]4c3ccoc3)[C@]3(C)[C@@H](CC(=O)OC)[C@@]1(C)CO[C@]23O. The summed E-state index contributed by atoms with van der Waals surface area (Å²) in [6.07, 6.45) is 6.78. The van der Waals surface area contributed by atoms with E-state index in [1.807, 2.05) is 19.9 Å². The summed E-state index contributed by atoms with van der Waals surface area (Å²) in [7, 11) is 1.35. The molecule has 0 spiro atoms. The van der Waals surface area contributed by atoms with Gasteiger partial charge in [-0.3, -0.25) is 4.79 Å². The number of hydrogen-bond acceptors (Lipinski definition) is 9. The van der Waals surface area contributed by atoms with Gasteiger partial charge in [0.2, 0.25) is 0 Å². The van der Waals surface area contributed by atoms with Gasteiger partial charge in [-0.1, -0.05) is 32.4 Å². The monoisotopic (exact) mass is 566 g/mol. The van der Waals surface area contributed by atoms with Crippen LogP contribution in [0.3, 0.4) is 0 Å². The third-order valence-electron chi connectivity index (χ3n) is 11.1. The van der Waals surface area contributed by atoms with Crippen LogP contribution in [0.15, 0.2) is 57.5 Å². The molecular formula is C32H38O9. The van der Waals surface area contributed by atoms with Gasteiger partial charge in [0.15, 0.2) is 5.79 Å². The third-order valence-corrected chi connectivity index (χ3v) is 11.1. The lowest BCUT2D eigenvalue weighted by molar-refractivity contribution is -0.417. The number of carbonyl (C=O) groups is 3. The Balaban J connectivity index is 1.54. The fraction of sp³-hybridized carbons (Fsp3) is 0.594. The number of carbonyl (C=O) groups excluding carboxylic acids is 3. The molecule has 3 aliphatic carbocycles. The van der Waals surface area contributed by atoms with Gasteiger partial charge >= 0.3 is 17.9 Å². The molecular weight excluding hydrogens is 528 g/mol. The van der Waals surface area contributed by atoms with Crippen LogP contribution >= 0.6 is 0 Å². The van der Waals surface area contributed by atoms with Crippen LogP contribution in [0.5, 0.6) is 0 Å². The van der Waals surface area contributed by atoms with E-state index in [1.165, 1.54) is 7.11 Å². The molecule has 2 saturated heterocycles. The van der Waals surface area contributed by atoms with Gasteiger partial charge in [0.25, 0.3) is 0 Å². The molecule has 41 heavy (non-hydrogen) atoms. The molecule has 1 aromatic heterocycles. The predicted octanol–water partition coefficient (Wildman–Crippen LogP) is 4.72. The van der Waals surface area contributed by atoms with E-state index in [4.69, 9.17) is 23.4 Å². The van der Waals surface area contributed by atoms with Crippen molar-refractivity contribution in [1.82, 2.24) is 0 Å². The molecule has 3 fully saturated rings. The van der Waals surface area contributed by atoms with Crippen molar-refractivity contribution in [3.05, 3.63) is 58.6 Å². The van der Waals surface area contributed by atoms with Crippen LogP contribution in [0, 0.1) is 28.1 Å². The zero-order chi connectivity index (χ0) is 29.5. The molecule has 0 radical (unpaired) electrons. The van der Waals surface area contributed by atoms with E-state index in [2.05, 4.69) is 6.92 Å². The lowest BCUT2D eigenvalue weighted by Gasteiger charge is -2.72. The fourth-order valence-corrected chi connectivity index (χ4v) is 8.75. The first-order valence-corrected chi connectivity index (χ1v) is 14.3. The maximum Gasteiger partial charge on any atom is 0.333 e. The Hall–Kier alpha value is -3.17. The Morgan fingerprint density at radius 2 is 2.00 bits per heavy atom. The summed E-state index contributed by atoms with van der Waals surface area (Å²) in [5, 5.41) is 12.5. The number of aliphatic hydroxyl groups is 1. The van der Waals surface area contributed by atoms with Crippen LogP contribution < -0.4 is 0 Å². The van der Waals surface area contributed by atoms with Gasteiger partial charge in [0, 0.05) is 33.5 Å². The molecule has 0 unspecified atom stereocenters. The molecule has 1 N–H and O–H groups in total. The van der Waals surface area contributed by atoms with Crippen molar-refractivity contribution >= 4 is 17.9 Å². The number of rotatable bonds is 5. The number of ether oxygens (including phenoxy) is 4. The first-order chi connectivity index (χ1) is 19.3. The first kappa shape index (κ1) is 28.0. The van der Waals surface area contributed by atoms with Crippen molar-refractivity contribution in [3.63, 3.8) is 0 Å². The van der Waals surface area contributed by atoms with Crippen LogP contribution in [0.1, 0.15) is 72.0 Å². The van der Waals surface area contributed by atoms with Crippen molar-refractivity contribution in [2.24, 2.45) is 28.1 Å². The highest BCUT2D eigenvalue weighted by atomic mass is 16.6. The molecule has 9 heteroatoms. The molecule has 0 aromatic carbocycles. The van der Waals surface area contributed by atoms with Crippen LogP contribution in [-0.4, -0.2) is 48.6 Å². The summed E-state index contributed by atoms with van der Waals surface area (Å²) < 4.78 is 28.9. The smallest absolute Gasteiger partial charge is 0.333 e. The van der Waals surface area contributed by atoms with Crippen LogP contribution in [-0.2, 0) is 33.3 Å². The summed E-state index contributed by atoms with van der Waals surface area (Å²) >= 11 is 0. The van der Waals surface area contributed by atoms with Crippen LogP contribution in [0.2, 0.25) is 0 Å². The Kier molecular flexibility index (Phi) is 6.25. The third kappa shape index (κ3) is 3.57. The molecule has 1 aromatic rings. The molecule has 8 atom stereocenters. The predicted molar refractivity (Wildman–Crippen MR) is 145 cm³/mol. The molecule has 7 rings (SSSR count). The van der Waals surface area contributed by atoms with Gasteiger partial charge in [-0.05, 0) is 56.2 Å². The average molecular weight is 567 g/mol. The molecule has 4 bridgehead atoms. The lowest BCUT2D eigenvalue weighted by Crippen LogP contribution is -2.78. The van der Waals surface area contributed by atoms with E-state index in [9.17, 15) is 19.5 Å². The molecule has 220 valence electrons. The summed E-state index contributed by atoms with van der Waals surface area (Å²) in [6.45, 7) is 9.63. The Labute approximate surface area is 239 Å². The average Bonchev–Trinajstić information content (AvgIpc) is 3.48. The number of methoxy groups -OCH3 is 1. The second-order valence-corrected chi connectivity index (χ2v) is 12.9. The van der Waals surface area contributed by atoms with Gasteiger partial charge in [0.05, 0.1) is 38.6 Å². The van der Waals surface area contributed by atoms with Crippen molar-refractivity contribution in [2.75, 3.05) is 13.7 Å². The molecule has 6 aliphatic rings. The van der Waals surface area contributed by atoms with E-state index in [0.717, 1.165) is 22.3 Å². The van der Waals surface area contributed by atoms with Crippen LogP contribution in [0.25, 0.3) is 0 Å². The highest BCUT2D eigenvalue weighted by Gasteiger charge is 2.78. The maximum absolute atomic E-state index is 13.2. The topological polar surface area (TPSA) is 122 Å². The van der Waals surface area contributed by atoms with E-state index in [1.54, 1.807) is 38.5 Å². The number of esters is 3. The molecule has 0 amide bonds. The van der Waals surface area contributed by atoms with Gasteiger partial charge < -0.3 is 28.5 Å². The molecule has 9 nitrogen and oxygen atoms in total. The normalized spacial score (nSPS) is 41.2. The Morgan fingerprint density at radius 1 is 1.24 bits per heavy atom. The summed E-state index contributed by atoms with van der Waals surface area (Å²) in [5.41, 5.74) is 1.70. The minimum Gasteiger partial charge on any atom is -0.472 e. The van der Waals surface area contributed by atoms with Crippen molar-refractivity contribution in [2.45, 2.75) is 78.3 Å². The number of allylic oxidation sites excluding steroid dienone is 2. The zero-order valence-electron chi connectivity index (χ0n) is 24.4. The minimum atomic E-state index is -1.69. The second kappa shape index (κ2) is 9.16. The fourth-order valence-electron chi connectivity index (χ4n) is 8.75. The largest absolute Gasteiger partial charge is 0.472 e. The maximum atomic E-state index is 13.2. The standard InChI is InChI=1S/C32H38O9/c1-7-17(2)28(35)41-27-22-12-19-20(31(5)23(14-24(33)37-6)30(27,4)16-39-32(22,31)36)8-10-29(3)21(19)13-25(34)40-26(29)18-9-11-38-15-18/h7,9,11,13,15,22-23,26-27,36H,8,10,12,14,16H2,1-6H3/b17-7+/t22-,23-,26-,27+,29+,30+,31+,32+/m0/s1. The van der Waals surface area contributed by atoms with E-state index in [-0.39, 0.29) is 13.0 Å². The minimum absolute atomic E-state index is 0.0192. The van der Waals surface area contributed by atoms with E-state index >= 15 is 0 Å². The van der Waals surface area contributed by atoms with Gasteiger partial charge in [-0.15, -0.1) is 0 Å². The molecule has 3 aliphatic heterocycles. The van der Waals surface area contributed by atoms with Gasteiger partial charge in [0.1, 0.15) is 12.2 Å². The van der Waals surface area contributed by atoms with Gasteiger partial charge in [-0.2, -0.15) is 0 Å². The number of furan rings is 1. The van der Waals surface area contributed by atoms with E-state index < -0.39 is 64.0 Å². The number of cyclic esters (lactones) is 1.